The number of aromatic nitrogens is 2. The highest BCUT2D eigenvalue weighted by Crippen LogP contribution is 2.40. The normalized spacial score (nSPS) is 12.9. The molecule has 52 heavy (non-hydrogen) atoms. The molecule has 0 bridgehead atoms. The number of nitrogens with zero attached hydrogens (tertiary/aromatic N) is 2. The zero-order valence-corrected chi connectivity index (χ0v) is 29.9. The maximum absolute atomic E-state index is 13.6. The minimum atomic E-state index is -3.96. The first kappa shape index (κ1) is 36.3. The average molecular weight is 714 g/mol. The number of nitrogens with one attached hydrogen (secondary N) is 1. The Balaban J connectivity index is 1.20. The molecular weight excluding hydrogens is 671 g/mol. The minimum Gasteiger partial charge on any atom is -0.450 e. The van der Waals surface area contributed by atoms with Gasteiger partial charge in [-0.1, -0.05) is 151 Å². The lowest BCUT2D eigenvalue weighted by Gasteiger charge is -2.37. The predicted octanol–water partition coefficient (Wildman–Crippen LogP) is 8.32. The first-order chi connectivity index (χ1) is 25.2. The van der Waals surface area contributed by atoms with Crippen molar-refractivity contribution < 1.29 is 23.1 Å². The number of hydrogen-bond donors (Lipinski definition) is 2. The van der Waals surface area contributed by atoms with Crippen molar-refractivity contribution in [3.05, 3.63) is 197 Å². The van der Waals surface area contributed by atoms with E-state index in [1.54, 1.807) is 0 Å². The van der Waals surface area contributed by atoms with E-state index >= 15 is 0 Å². The molecule has 2 unspecified atom stereocenters. The van der Waals surface area contributed by atoms with E-state index in [1.807, 2.05) is 129 Å². The van der Waals surface area contributed by atoms with Crippen LogP contribution in [0.5, 0.6) is 0 Å². The largest absolute Gasteiger partial charge is 0.506 e. The molecule has 2 atom stereocenters. The molecular formula is C43H43N3O5S. The molecule has 0 saturated heterocycles. The summed E-state index contributed by atoms with van der Waals surface area (Å²) < 4.78 is 37.3. The van der Waals surface area contributed by atoms with Crippen LogP contribution in [0.4, 0.5) is 4.79 Å². The zero-order valence-electron chi connectivity index (χ0n) is 29.1. The molecule has 1 aromatic heterocycles. The number of carbonyl (C=O) groups is 1. The van der Waals surface area contributed by atoms with Gasteiger partial charge in [0, 0.05) is 6.20 Å². The third-order valence-corrected chi connectivity index (χ3v) is 10.8. The van der Waals surface area contributed by atoms with Crippen molar-refractivity contribution in [1.29, 1.82) is 0 Å². The van der Waals surface area contributed by atoms with Crippen molar-refractivity contribution in [2.45, 2.75) is 50.3 Å². The Kier molecular flexibility index (Phi) is 11.6. The summed E-state index contributed by atoms with van der Waals surface area (Å²) in [4.78, 5) is 16.5. The van der Waals surface area contributed by atoms with E-state index in [9.17, 15) is 18.3 Å². The fourth-order valence-electron chi connectivity index (χ4n) is 6.87. The van der Waals surface area contributed by atoms with Crippen LogP contribution in [0, 0.1) is 6.92 Å². The summed E-state index contributed by atoms with van der Waals surface area (Å²) in [5.41, 5.74) is 6.21. The fraction of sp³-hybridized carbons (Fsp3) is 0.209. The first-order valence-electron chi connectivity index (χ1n) is 17.4. The summed E-state index contributed by atoms with van der Waals surface area (Å²) in [7, 11) is -3.96. The number of carboxylic acid groups (broad SMARTS) is 1. The lowest BCUT2D eigenvalue weighted by Crippen LogP contribution is -2.37. The van der Waals surface area contributed by atoms with Crippen molar-refractivity contribution in [2.24, 2.45) is 0 Å². The summed E-state index contributed by atoms with van der Waals surface area (Å²) in [6, 6.07) is 47.7. The molecule has 5 aromatic carbocycles. The number of rotatable bonds is 16. The van der Waals surface area contributed by atoms with Gasteiger partial charge in [-0.25, -0.2) is 22.9 Å². The van der Waals surface area contributed by atoms with E-state index in [0.717, 1.165) is 39.1 Å². The van der Waals surface area contributed by atoms with Gasteiger partial charge >= 0.3 is 6.16 Å². The summed E-state index contributed by atoms with van der Waals surface area (Å²) >= 11 is 0. The fourth-order valence-corrected chi connectivity index (χ4v) is 8.35. The summed E-state index contributed by atoms with van der Waals surface area (Å²) in [5, 5.41) is 9.54. The van der Waals surface area contributed by atoms with E-state index in [0.29, 0.717) is 19.3 Å². The number of ether oxygens (including phenoxy) is 1. The van der Waals surface area contributed by atoms with Gasteiger partial charge in [-0.3, -0.25) is 0 Å². The molecule has 0 saturated carbocycles. The number of hydrogen-bond acceptors (Lipinski definition) is 5. The van der Waals surface area contributed by atoms with Crippen molar-refractivity contribution in [2.75, 3.05) is 5.75 Å². The Morgan fingerprint density at radius 1 is 0.788 bits per heavy atom. The van der Waals surface area contributed by atoms with E-state index < -0.39 is 39.6 Å². The third kappa shape index (κ3) is 8.85. The topological polar surface area (TPSA) is 111 Å². The van der Waals surface area contributed by atoms with E-state index in [4.69, 9.17) is 9.72 Å². The molecule has 6 aromatic rings. The molecule has 1 heterocycles. The van der Waals surface area contributed by atoms with Gasteiger partial charge in [-0.2, -0.15) is 0 Å². The van der Waals surface area contributed by atoms with Crippen LogP contribution in [0.25, 0.3) is 0 Å². The molecule has 0 aliphatic carbocycles. The second kappa shape index (κ2) is 16.7. The van der Waals surface area contributed by atoms with Crippen LogP contribution < -0.4 is 4.72 Å². The Hall–Kier alpha value is -5.51. The van der Waals surface area contributed by atoms with Crippen molar-refractivity contribution in [3.63, 3.8) is 0 Å². The van der Waals surface area contributed by atoms with Crippen LogP contribution >= 0.6 is 0 Å². The van der Waals surface area contributed by atoms with Crippen LogP contribution in [0.2, 0.25) is 0 Å². The van der Waals surface area contributed by atoms with Gasteiger partial charge in [0.05, 0.1) is 18.1 Å². The molecule has 9 heteroatoms. The summed E-state index contributed by atoms with van der Waals surface area (Å²) in [5.74, 6) is -0.496. The Labute approximate surface area is 305 Å². The Morgan fingerprint density at radius 2 is 1.31 bits per heavy atom. The molecule has 0 fully saturated rings. The lowest BCUT2D eigenvalue weighted by molar-refractivity contribution is 0.0562. The van der Waals surface area contributed by atoms with Gasteiger partial charge in [0.15, 0.2) is 0 Å². The minimum absolute atomic E-state index is 0.204. The summed E-state index contributed by atoms with van der Waals surface area (Å²) in [6.45, 7) is 2.00. The standard InChI is InChI=1S/C43H43N3O5S/c1-33-25-27-34(28-26-33)29-41(35-15-6-2-7-16-35)45-52(49,50)31-40(51-42(47)48)24-14-23-39-30-46(32-44-39)43(36-17-8-3-9-18-36,37-19-10-4-11-20-37)38-21-12-5-13-22-38/h2-13,15-22,25-28,30,32,40-41,45H,14,23-24,29,31H2,1H3,(H,47,48). The Morgan fingerprint density at radius 3 is 1.83 bits per heavy atom. The SMILES string of the molecule is Cc1ccc(CC(NS(=O)(=O)CC(CCCc2cn(C(c3ccccc3)(c3ccccc3)c3ccccc3)cn2)OC(=O)O)c2ccccc2)cc1. The van der Waals surface area contributed by atoms with Gasteiger partial charge < -0.3 is 14.4 Å². The molecule has 2 N–H and O–H groups in total. The second-order valence-corrected chi connectivity index (χ2v) is 14.8. The predicted molar refractivity (Wildman–Crippen MR) is 204 cm³/mol. The molecule has 0 radical (unpaired) electrons. The maximum Gasteiger partial charge on any atom is 0.506 e. The molecule has 8 nitrogen and oxygen atoms in total. The zero-order chi connectivity index (χ0) is 36.4. The molecule has 0 aliphatic rings. The first-order valence-corrected chi connectivity index (χ1v) is 19.1. The van der Waals surface area contributed by atoms with E-state index in [2.05, 4.69) is 45.7 Å². The van der Waals surface area contributed by atoms with E-state index in [1.165, 1.54) is 0 Å². The van der Waals surface area contributed by atoms with Crippen LogP contribution in [0.3, 0.4) is 0 Å². The number of imidazole rings is 1. The van der Waals surface area contributed by atoms with Crippen LogP contribution in [-0.2, 0) is 33.1 Å². The van der Waals surface area contributed by atoms with Crippen LogP contribution in [0.1, 0.15) is 58.0 Å². The van der Waals surface area contributed by atoms with Crippen molar-refractivity contribution >= 4 is 16.2 Å². The average Bonchev–Trinajstić information content (AvgIpc) is 3.63. The summed E-state index contributed by atoms with van der Waals surface area (Å²) in [6.07, 6.45) is 2.88. The smallest absolute Gasteiger partial charge is 0.450 e. The van der Waals surface area contributed by atoms with Crippen molar-refractivity contribution in [1.82, 2.24) is 14.3 Å². The third-order valence-electron chi connectivity index (χ3n) is 9.31. The van der Waals surface area contributed by atoms with Crippen LogP contribution in [-0.4, -0.2) is 41.1 Å². The van der Waals surface area contributed by atoms with Gasteiger partial charge in [-0.15, -0.1) is 0 Å². The lowest BCUT2D eigenvalue weighted by atomic mass is 9.77. The van der Waals surface area contributed by atoms with Gasteiger partial charge in [-0.05, 0) is 60.4 Å². The molecule has 266 valence electrons. The van der Waals surface area contributed by atoms with Gasteiger partial charge in [0.25, 0.3) is 0 Å². The maximum atomic E-state index is 13.6. The van der Waals surface area contributed by atoms with Gasteiger partial charge in [0.2, 0.25) is 10.0 Å². The van der Waals surface area contributed by atoms with Crippen LogP contribution in [0.15, 0.2) is 158 Å². The second-order valence-electron chi connectivity index (χ2n) is 13.0. The molecule has 0 aliphatic heterocycles. The highest BCUT2D eigenvalue weighted by molar-refractivity contribution is 7.89. The van der Waals surface area contributed by atoms with E-state index in [-0.39, 0.29) is 6.42 Å². The molecule has 0 amide bonds. The highest BCUT2D eigenvalue weighted by Gasteiger charge is 2.38. The monoisotopic (exact) mass is 713 g/mol. The Bertz CT molecular complexity index is 2030. The number of sulfonamides is 1. The van der Waals surface area contributed by atoms with Gasteiger partial charge in [0.1, 0.15) is 17.4 Å². The number of benzene rings is 5. The molecule has 6 rings (SSSR count). The highest BCUT2D eigenvalue weighted by atomic mass is 32.2. The van der Waals surface area contributed by atoms with Crippen molar-refractivity contribution in [3.8, 4) is 0 Å². The quantitative estimate of drug-likeness (QED) is 0.0771. The molecule has 0 spiro atoms. The number of aryl methyl sites for hydroxylation is 2.